The lowest BCUT2D eigenvalue weighted by molar-refractivity contribution is 0.926. The number of rotatable bonds is 7. The Balaban J connectivity index is 1.26. The smallest absolute Gasteiger partial charge is 0.164 e. The van der Waals surface area contributed by atoms with Gasteiger partial charge in [-0.15, -0.1) is 0 Å². The van der Waals surface area contributed by atoms with Crippen LogP contribution in [-0.4, -0.2) is 22.0 Å². The maximum absolute atomic E-state index is 6.25. The molecule has 0 atom stereocenters. The Hall–Kier alpha value is -6.33. The first kappa shape index (κ1) is 29.1. The fraction of sp³-hybridized carbons (Fsp3) is 0.0465. The van der Waals surface area contributed by atoms with E-state index in [4.69, 9.17) is 20.7 Å². The van der Waals surface area contributed by atoms with Crippen LogP contribution in [0.25, 0.3) is 66.8 Å². The molecule has 0 unspecified atom stereocenters. The maximum atomic E-state index is 6.25. The molecule has 0 bridgehead atoms. The topological polar surface area (TPSA) is 67.9 Å². The SMILES string of the molecule is CN(Cc1ccc2cc(-c3c(-c4nc(-c5ccccc5)nc(-c5ccccc5)n4)ccc4ccccc34)ccc2c1)c1ccccc1N. The summed E-state index contributed by atoms with van der Waals surface area (Å²) in [5, 5.41) is 4.67. The van der Waals surface area contributed by atoms with Crippen LogP contribution in [0.3, 0.4) is 0 Å². The summed E-state index contributed by atoms with van der Waals surface area (Å²) in [6, 6.07) is 54.4. The van der Waals surface area contributed by atoms with Gasteiger partial charge in [-0.1, -0.05) is 127 Å². The van der Waals surface area contributed by atoms with Crippen molar-refractivity contribution in [3.8, 4) is 45.3 Å². The summed E-state index contributed by atoms with van der Waals surface area (Å²) in [7, 11) is 2.08. The van der Waals surface area contributed by atoms with Crippen LogP contribution in [0.15, 0.2) is 158 Å². The van der Waals surface area contributed by atoms with E-state index in [0.29, 0.717) is 17.5 Å². The molecule has 8 aromatic rings. The summed E-state index contributed by atoms with van der Waals surface area (Å²) in [6.45, 7) is 0.756. The van der Waals surface area contributed by atoms with Crippen molar-refractivity contribution < 1.29 is 0 Å². The molecule has 48 heavy (non-hydrogen) atoms. The summed E-state index contributed by atoms with van der Waals surface area (Å²) in [5.41, 5.74) is 14.3. The second-order valence-electron chi connectivity index (χ2n) is 12.1. The van der Waals surface area contributed by atoms with Gasteiger partial charge >= 0.3 is 0 Å². The van der Waals surface area contributed by atoms with E-state index < -0.39 is 0 Å². The van der Waals surface area contributed by atoms with E-state index in [0.717, 1.165) is 56.5 Å². The number of fused-ring (bicyclic) bond motifs is 2. The highest BCUT2D eigenvalue weighted by Crippen LogP contribution is 2.39. The van der Waals surface area contributed by atoms with Gasteiger partial charge in [-0.3, -0.25) is 0 Å². The Morgan fingerprint density at radius 1 is 0.500 bits per heavy atom. The van der Waals surface area contributed by atoms with Crippen molar-refractivity contribution in [1.29, 1.82) is 0 Å². The molecule has 0 aliphatic carbocycles. The van der Waals surface area contributed by atoms with Gasteiger partial charge in [-0.25, -0.2) is 15.0 Å². The lowest BCUT2D eigenvalue weighted by atomic mass is 9.91. The fourth-order valence-corrected chi connectivity index (χ4v) is 6.44. The van der Waals surface area contributed by atoms with Gasteiger partial charge in [-0.05, 0) is 63.0 Å². The van der Waals surface area contributed by atoms with Crippen molar-refractivity contribution in [2.45, 2.75) is 6.54 Å². The van der Waals surface area contributed by atoms with E-state index in [1.807, 2.05) is 78.9 Å². The molecule has 5 heteroatoms. The molecule has 230 valence electrons. The van der Waals surface area contributed by atoms with E-state index in [9.17, 15) is 0 Å². The third-order valence-electron chi connectivity index (χ3n) is 8.83. The molecule has 0 saturated carbocycles. The van der Waals surface area contributed by atoms with Gasteiger partial charge in [0.15, 0.2) is 17.5 Å². The Morgan fingerprint density at radius 2 is 1.08 bits per heavy atom. The number of nitrogens with zero attached hydrogens (tertiary/aromatic N) is 4. The van der Waals surface area contributed by atoms with Gasteiger partial charge in [0.2, 0.25) is 0 Å². The van der Waals surface area contributed by atoms with Crippen LogP contribution in [0.4, 0.5) is 11.4 Å². The molecule has 0 amide bonds. The van der Waals surface area contributed by atoms with Crippen molar-refractivity contribution in [2.24, 2.45) is 0 Å². The second-order valence-corrected chi connectivity index (χ2v) is 12.1. The standard InChI is InChI=1S/C43H33N5/c1-48(39-19-11-10-18-38(39)44)28-29-20-21-34-27-35(23-22-33(34)26-29)40-36-17-9-8-12-30(36)24-25-37(40)43-46-41(31-13-4-2-5-14-31)45-42(47-43)32-15-6-3-7-16-32/h2-27H,28,44H2,1H3. The Morgan fingerprint density at radius 3 is 1.81 bits per heavy atom. The Labute approximate surface area is 280 Å². The van der Waals surface area contributed by atoms with E-state index in [2.05, 4.69) is 90.8 Å². The molecule has 0 fully saturated rings. The Bertz CT molecular complexity index is 2350. The van der Waals surface area contributed by atoms with Gasteiger partial charge in [0.25, 0.3) is 0 Å². The van der Waals surface area contributed by atoms with Crippen LogP contribution < -0.4 is 10.6 Å². The number of para-hydroxylation sites is 2. The molecule has 0 aliphatic rings. The van der Waals surface area contributed by atoms with E-state index >= 15 is 0 Å². The Kier molecular flexibility index (Phi) is 7.55. The number of nitrogen functional groups attached to an aromatic ring is 1. The molecular formula is C43H33N5. The minimum atomic E-state index is 0.641. The summed E-state index contributed by atoms with van der Waals surface area (Å²) >= 11 is 0. The molecule has 7 aromatic carbocycles. The third kappa shape index (κ3) is 5.63. The highest BCUT2D eigenvalue weighted by atomic mass is 15.1. The van der Waals surface area contributed by atoms with Crippen LogP contribution >= 0.6 is 0 Å². The van der Waals surface area contributed by atoms with Crippen molar-refractivity contribution in [2.75, 3.05) is 17.7 Å². The van der Waals surface area contributed by atoms with Gasteiger partial charge < -0.3 is 10.6 Å². The average Bonchev–Trinajstić information content (AvgIpc) is 3.15. The number of nitrogens with two attached hydrogens (primary N) is 1. The van der Waals surface area contributed by atoms with Crippen LogP contribution in [0.1, 0.15) is 5.56 Å². The highest BCUT2D eigenvalue weighted by molar-refractivity contribution is 6.05. The first-order chi connectivity index (χ1) is 23.6. The lowest BCUT2D eigenvalue weighted by Gasteiger charge is -2.21. The first-order valence-electron chi connectivity index (χ1n) is 16.1. The molecule has 8 rings (SSSR count). The number of benzene rings is 7. The molecule has 1 aromatic heterocycles. The lowest BCUT2D eigenvalue weighted by Crippen LogP contribution is -2.17. The van der Waals surface area contributed by atoms with Crippen LogP contribution in [-0.2, 0) is 6.54 Å². The van der Waals surface area contributed by atoms with Gasteiger partial charge in [0, 0.05) is 35.8 Å². The van der Waals surface area contributed by atoms with Crippen LogP contribution in [0.5, 0.6) is 0 Å². The van der Waals surface area contributed by atoms with Crippen molar-refractivity contribution >= 4 is 32.9 Å². The van der Waals surface area contributed by atoms with Gasteiger partial charge in [0.1, 0.15) is 0 Å². The first-order valence-corrected chi connectivity index (χ1v) is 16.1. The summed E-state index contributed by atoms with van der Waals surface area (Å²) < 4.78 is 0. The maximum Gasteiger partial charge on any atom is 0.164 e. The van der Waals surface area contributed by atoms with Crippen LogP contribution in [0.2, 0.25) is 0 Å². The molecule has 0 spiro atoms. The summed E-state index contributed by atoms with van der Waals surface area (Å²) in [5.74, 6) is 1.93. The van der Waals surface area contributed by atoms with Crippen molar-refractivity contribution in [3.05, 3.63) is 163 Å². The zero-order valence-electron chi connectivity index (χ0n) is 26.6. The van der Waals surface area contributed by atoms with E-state index in [-0.39, 0.29) is 0 Å². The molecule has 0 saturated heterocycles. The number of hydrogen-bond donors (Lipinski definition) is 1. The molecule has 0 aliphatic heterocycles. The monoisotopic (exact) mass is 619 g/mol. The molecule has 0 radical (unpaired) electrons. The minimum Gasteiger partial charge on any atom is -0.397 e. The minimum absolute atomic E-state index is 0.641. The largest absolute Gasteiger partial charge is 0.397 e. The number of anilines is 2. The normalized spacial score (nSPS) is 11.2. The molecular weight excluding hydrogens is 587 g/mol. The number of hydrogen-bond acceptors (Lipinski definition) is 5. The highest BCUT2D eigenvalue weighted by Gasteiger charge is 2.18. The van der Waals surface area contributed by atoms with Crippen LogP contribution in [0, 0.1) is 0 Å². The zero-order chi connectivity index (χ0) is 32.5. The second kappa shape index (κ2) is 12.5. The quantitative estimate of drug-likeness (QED) is 0.180. The van der Waals surface area contributed by atoms with Gasteiger partial charge in [-0.2, -0.15) is 0 Å². The molecule has 1 heterocycles. The zero-order valence-corrected chi connectivity index (χ0v) is 26.6. The predicted octanol–water partition coefficient (Wildman–Crippen LogP) is 10.1. The molecule has 2 N–H and O–H groups in total. The predicted molar refractivity (Wildman–Crippen MR) is 200 cm³/mol. The fourth-order valence-electron chi connectivity index (χ4n) is 6.44. The summed E-state index contributed by atoms with van der Waals surface area (Å²) in [6.07, 6.45) is 0. The van der Waals surface area contributed by atoms with Crippen molar-refractivity contribution in [3.63, 3.8) is 0 Å². The molecule has 5 nitrogen and oxygen atoms in total. The average molecular weight is 620 g/mol. The summed E-state index contributed by atoms with van der Waals surface area (Å²) in [4.78, 5) is 17.3. The van der Waals surface area contributed by atoms with Crippen molar-refractivity contribution in [1.82, 2.24) is 15.0 Å². The van der Waals surface area contributed by atoms with E-state index in [1.54, 1.807) is 0 Å². The van der Waals surface area contributed by atoms with Gasteiger partial charge in [0.05, 0.1) is 11.4 Å². The van der Waals surface area contributed by atoms with E-state index in [1.165, 1.54) is 16.3 Å². The number of aromatic nitrogens is 3. The third-order valence-corrected chi connectivity index (χ3v) is 8.83.